The normalized spacial score (nSPS) is 11.6. The molecule has 0 aliphatic carbocycles. The first kappa shape index (κ1) is 14.1. The summed E-state index contributed by atoms with van der Waals surface area (Å²) in [6.07, 6.45) is 0.744. The minimum absolute atomic E-state index is 0.0864. The number of hydrogen-bond donors (Lipinski definition) is 0. The minimum atomic E-state index is -0.797. The van der Waals surface area contributed by atoms with Crippen LogP contribution in [-0.2, 0) is 14.3 Å². The van der Waals surface area contributed by atoms with Crippen LogP contribution >= 0.6 is 0 Å². The summed E-state index contributed by atoms with van der Waals surface area (Å²) in [6.45, 7) is 4.95. The second kappa shape index (κ2) is 7.40. The van der Waals surface area contributed by atoms with Crippen LogP contribution in [0, 0.1) is 0 Å². The molecule has 1 aromatic carbocycles. The molecule has 4 heteroatoms. The van der Waals surface area contributed by atoms with Crippen molar-refractivity contribution < 1.29 is 19.1 Å². The topological polar surface area (TPSA) is 52.6 Å². The first-order valence-electron chi connectivity index (χ1n) is 5.60. The van der Waals surface area contributed by atoms with Gasteiger partial charge in [-0.3, -0.25) is 9.59 Å². The fourth-order valence-electron chi connectivity index (χ4n) is 1.37. The smallest absolute Gasteiger partial charge is 0.302 e. The lowest BCUT2D eigenvalue weighted by molar-refractivity contribution is -0.143. The van der Waals surface area contributed by atoms with E-state index in [-0.39, 0.29) is 19.0 Å². The van der Waals surface area contributed by atoms with E-state index >= 15 is 0 Å². The van der Waals surface area contributed by atoms with Gasteiger partial charge in [0.2, 0.25) is 0 Å². The Bertz CT molecular complexity index is 411. The van der Waals surface area contributed by atoms with Crippen LogP contribution in [-0.4, -0.2) is 31.1 Å². The SMILES string of the molecule is C=CCOC(COC(C)=O)C(=O)c1ccccc1. The summed E-state index contributed by atoms with van der Waals surface area (Å²) in [6, 6.07) is 8.75. The van der Waals surface area contributed by atoms with Gasteiger partial charge in [-0.1, -0.05) is 36.4 Å². The maximum absolute atomic E-state index is 12.1. The third-order valence-corrected chi connectivity index (χ3v) is 2.20. The number of esters is 1. The highest BCUT2D eigenvalue weighted by atomic mass is 16.6. The molecule has 0 amide bonds. The van der Waals surface area contributed by atoms with E-state index in [4.69, 9.17) is 9.47 Å². The van der Waals surface area contributed by atoms with Crippen molar-refractivity contribution in [3.8, 4) is 0 Å². The molecule has 0 fully saturated rings. The van der Waals surface area contributed by atoms with Crippen molar-refractivity contribution in [1.82, 2.24) is 0 Å². The Morgan fingerprint density at radius 3 is 2.56 bits per heavy atom. The van der Waals surface area contributed by atoms with Gasteiger partial charge in [-0.2, -0.15) is 0 Å². The molecule has 18 heavy (non-hydrogen) atoms. The highest BCUT2D eigenvalue weighted by Gasteiger charge is 2.21. The van der Waals surface area contributed by atoms with Crippen LogP contribution in [0.5, 0.6) is 0 Å². The molecule has 0 saturated heterocycles. The summed E-state index contributed by atoms with van der Waals surface area (Å²) in [4.78, 5) is 22.9. The molecule has 1 rings (SSSR count). The lowest BCUT2D eigenvalue weighted by atomic mass is 10.1. The van der Waals surface area contributed by atoms with Crippen LogP contribution in [0.2, 0.25) is 0 Å². The van der Waals surface area contributed by atoms with E-state index in [1.54, 1.807) is 30.3 Å². The quantitative estimate of drug-likeness (QED) is 0.421. The standard InChI is InChI=1S/C14H16O4/c1-3-9-17-13(10-18-11(2)15)14(16)12-7-5-4-6-8-12/h3-8,13H,1,9-10H2,2H3. The Morgan fingerprint density at radius 1 is 1.33 bits per heavy atom. The molecule has 1 unspecified atom stereocenters. The molecule has 0 heterocycles. The van der Waals surface area contributed by atoms with Crippen LogP contribution in [0.4, 0.5) is 0 Å². The summed E-state index contributed by atoms with van der Waals surface area (Å²) in [5.74, 6) is -0.651. The van der Waals surface area contributed by atoms with E-state index < -0.39 is 12.1 Å². The summed E-state index contributed by atoms with van der Waals surface area (Å²) in [5.41, 5.74) is 0.527. The zero-order chi connectivity index (χ0) is 13.4. The molecule has 1 aromatic rings. The number of hydrogen-bond acceptors (Lipinski definition) is 4. The average molecular weight is 248 g/mol. The minimum Gasteiger partial charge on any atom is -0.463 e. The maximum atomic E-state index is 12.1. The van der Waals surface area contributed by atoms with Crippen LogP contribution in [0.1, 0.15) is 17.3 Å². The van der Waals surface area contributed by atoms with Gasteiger partial charge in [0.15, 0.2) is 11.9 Å². The van der Waals surface area contributed by atoms with Gasteiger partial charge in [-0.05, 0) is 0 Å². The molecule has 96 valence electrons. The van der Waals surface area contributed by atoms with Crippen LogP contribution in [0.15, 0.2) is 43.0 Å². The molecule has 0 spiro atoms. The molecule has 0 aliphatic rings. The number of rotatable bonds is 7. The number of ketones is 1. The second-order valence-electron chi connectivity index (χ2n) is 3.64. The van der Waals surface area contributed by atoms with Crippen molar-refractivity contribution in [1.29, 1.82) is 0 Å². The van der Waals surface area contributed by atoms with Crippen molar-refractivity contribution in [3.63, 3.8) is 0 Å². The fourth-order valence-corrected chi connectivity index (χ4v) is 1.37. The summed E-state index contributed by atoms with van der Waals surface area (Å²) in [7, 11) is 0. The average Bonchev–Trinajstić information content (AvgIpc) is 2.39. The van der Waals surface area contributed by atoms with Gasteiger partial charge in [-0.15, -0.1) is 6.58 Å². The molecule has 4 nitrogen and oxygen atoms in total. The largest absolute Gasteiger partial charge is 0.463 e. The first-order valence-corrected chi connectivity index (χ1v) is 5.60. The highest BCUT2D eigenvalue weighted by Crippen LogP contribution is 2.07. The third-order valence-electron chi connectivity index (χ3n) is 2.20. The van der Waals surface area contributed by atoms with Crippen LogP contribution < -0.4 is 0 Å². The van der Waals surface area contributed by atoms with Gasteiger partial charge >= 0.3 is 5.97 Å². The number of carbonyl (C=O) groups excluding carboxylic acids is 2. The Morgan fingerprint density at radius 2 is 2.00 bits per heavy atom. The van der Waals surface area contributed by atoms with Gasteiger partial charge < -0.3 is 9.47 Å². The number of ether oxygens (including phenoxy) is 2. The first-order chi connectivity index (χ1) is 8.65. The predicted molar refractivity (Wildman–Crippen MR) is 67.3 cm³/mol. The number of carbonyl (C=O) groups is 2. The fraction of sp³-hybridized carbons (Fsp3) is 0.286. The van der Waals surface area contributed by atoms with E-state index in [2.05, 4.69) is 6.58 Å². The predicted octanol–water partition coefficient (Wildman–Crippen LogP) is 2.00. The monoisotopic (exact) mass is 248 g/mol. The summed E-state index contributed by atoms with van der Waals surface area (Å²) < 4.78 is 10.1. The van der Waals surface area contributed by atoms with Crippen molar-refractivity contribution in [2.45, 2.75) is 13.0 Å². The van der Waals surface area contributed by atoms with E-state index in [0.29, 0.717) is 5.56 Å². The third kappa shape index (κ3) is 4.51. The van der Waals surface area contributed by atoms with Gasteiger partial charge in [0.05, 0.1) is 6.61 Å². The van der Waals surface area contributed by atoms with Crippen molar-refractivity contribution in [2.75, 3.05) is 13.2 Å². The van der Waals surface area contributed by atoms with Gasteiger partial charge in [0.1, 0.15) is 6.61 Å². The summed E-state index contributed by atoms with van der Waals surface area (Å²) >= 11 is 0. The molecule has 1 atom stereocenters. The lowest BCUT2D eigenvalue weighted by Gasteiger charge is -2.15. The van der Waals surface area contributed by atoms with E-state index in [9.17, 15) is 9.59 Å². The molecular weight excluding hydrogens is 232 g/mol. The molecule has 0 saturated carbocycles. The second-order valence-corrected chi connectivity index (χ2v) is 3.64. The number of benzene rings is 1. The van der Waals surface area contributed by atoms with Crippen LogP contribution in [0.3, 0.4) is 0 Å². The molecular formula is C14H16O4. The Kier molecular flexibility index (Phi) is 5.80. The Labute approximate surface area is 106 Å². The van der Waals surface area contributed by atoms with Crippen LogP contribution in [0.25, 0.3) is 0 Å². The van der Waals surface area contributed by atoms with E-state index in [1.807, 2.05) is 6.07 Å². The molecule has 0 N–H and O–H groups in total. The Hall–Kier alpha value is -1.94. The Balaban J connectivity index is 2.71. The molecule has 0 bridgehead atoms. The number of Topliss-reactive ketones (excluding diaryl/α,β-unsaturated/α-hetero) is 1. The van der Waals surface area contributed by atoms with E-state index in [0.717, 1.165) is 0 Å². The van der Waals surface area contributed by atoms with E-state index in [1.165, 1.54) is 6.92 Å². The molecule has 0 aromatic heterocycles. The van der Waals surface area contributed by atoms with Gasteiger partial charge in [-0.25, -0.2) is 0 Å². The van der Waals surface area contributed by atoms with Crippen molar-refractivity contribution >= 4 is 11.8 Å². The van der Waals surface area contributed by atoms with Gasteiger partial charge in [0.25, 0.3) is 0 Å². The lowest BCUT2D eigenvalue weighted by Crippen LogP contribution is -2.30. The van der Waals surface area contributed by atoms with Crippen molar-refractivity contribution in [3.05, 3.63) is 48.6 Å². The van der Waals surface area contributed by atoms with Gasteiger partial charge in [0, 0.05) is 12.5 Å². The molecule has 0 aliphatic heterocycles. The zero-order valence-electron chi connectivity index (χ0n) is 10.3. The highest BCUT2D eigenvalue weighted by molar-refractivity contribution is 5.99. The maximum Gasteiger partial charge on any atom is 0.302 e. The zero-order valence-corrected chi connectivity index (χ0v) is 10.3. The molecule has 0 radical (unpaired) electrons. The summed E-state index contributed by atoms with van der Waals surface area (Å²) in [5, 5.41) is 0. The van der Waals surface area contributed by atoms with Crippen molar-refractivity contribution in [2.24, 2.45) is 0 Å².